The van der Waals surface area contributed by atoms with Crippen LogP contribution in [-0.4, -0.2) is 0 Å². The van der Waals surface area contributed by atoms with Crippen molar-refractivity contribution < 1.29 is 37.7 Å². The van der Waals surface area contributed by atoms with Crippen molar-refractivity contribution in [2.45, 2.75) is 78.1 Å². The Morgan fingerprint density at radius 2 is 1.38 bits per heavy atom. The van der Waals surface area contributed by atoms with Gasteiger partial charge in [0.1, 0.15) is 0 Å². The third-order valence-electron chi connectivity index (χ3n) is 5.39. The number of hydrogen-bond acceptors (Lipinski definition) is 0. The minimum absolute atomic E-state index is 0. The van der Waals surface area contributed by atoms with E-state index in [2.05, 4.69) is 107 Å². The van der Waals surface area contributed by atoms with Gasteiger partial charge in [-0.05, 0) is 42.2 Å². The normalized spacial score (nSPS) is 13.6. The average Bonchev–Trinajstić information content (AvgIpc) is 2.74. The molecule has 2 aromatic carbocycles. The van der Waals surface area contributed by atoms with E-state index in [0.29, 0.717) is 17.8 Å². The van der Waals surface area contributed by atoms with Crippen LogP contribution in [0.15, 0.2) is 66.8 Å². The predicted molar refractivity (Wildman–Crippen MR) is 124 cm³/mol. The van der Waals surface area contributed by atoms with Gasteiger partial charge in [-0.25, -0.2) is 0 Å². The van der Waals surface area contributed by atoms with Gasteiger partial charge in [-0.3, -0.25) is 0 Å². The molecular formula is C28H37Ho-. The molecule has 1 atom stereocenters. The van der Waals surface area contributed by atoms with Gasteiger partial charge < -0.3 is 0 Å². The molecule has 29 heavy (non-hydrogen) atoms. The second kappa shape index (κ2) is 14.2. The minimum atomic E-state index is 0. The predicted octanol–water partition coefficient (Wildman–Crippen LogP) is 8.56. The molecule has 2 aromatic rings. The quantitative estimate of drug-likeness (QED) is 0.255. The molecule has 3 rings (SSSR count). The largest absolute Gasteiger partial charge is 0.184 e. The zero-order chi connectivity index (χ0) is 20.4. The molecule has 0 unspecified atom stereocenters. The molecule has 0 N–H and O–H groups in total. The Labute approximate surface area is 209 Å². The van der Waals surface area contributed by atoms with E-state index in [1.54, 1.807) is 0 Å². The summed E-state index contributed by atoms with van der Waals surface area (Å²) in [4.78, 5) is 0. The van der Waals surface area contributed by atoms with Crippen LogP contribution in [0, 0.1) is 43.8 Å². The SMILES string of the molecule is C1=CCCC=C1.CCC[C@@H](c1ccc(C(C)C)cc1)c1cc[c-]cc1C(C)C.[Ho]. The van der Waals surface area contributed by atoms with E-state index in [9.17, 15) is 0 Å². The Balaban J connectivity index is 0.000000514. The number of benzene rings is 2. The van der Waals surface area contributed by atoms with E-state index >= 15 is 0 Å². The van der Waals surface area contributed by atoms with Gasteiger partial charge >= 0.3 is 0 Å². The third kappa shape index (κ3) is 8.44. The van der Waals surface area contributed by atoms with E-state index < -0.39 is 0 Å². The van der Waals surface area contributed by atoms with Gasteiger partial charge in [0, 0.05) is 37.7 Å². The summed E-state index contributed by atoms with van der Waals surface area (Å²) in [5.74, 6) is 1.64. The Morgan fingerprint density at radius 3 is 1.83 bits per heavy atom. The molecule has 0 heterocycles. The molecule has 0 bridgehead atoms. The topological polar surface area (TPSA) is 0 Å². The molecule has 0 aliphatic heterocycles. The standard InChI is InChI=1S/C22H29.C6H8.Ho/c1-6-9-21(19-14-12-18(13-15-19)16(2)3)22-11-8-7-10-20(22)17(4)5;1-2-4-6-5-3-1;/h8,10-17,21H,6,9H2,1-5H3;1-4H,5-6H2;/q-1;;/t21-;;/m0../s1. The van der Waals surface area contributed by atoms with Crippen molar-refractivity contribution in [2.75, 3.05) is 0 Å². The van der Waals surface area contributed by atoms with Crippen molar-refractivity contribution in [2.24, 2.45) is 0 Å². The Hall–Kier alpha value is -0.820. The van der Waals surface area contributed by atoms with Crippen LogP contribution in [0.1, 0.15) is 100 Å². The fourth-order valence-electron chi connectivity index (χ4n) is 3.72. The van der Waals surface area contributed by atoms with Crippen molar-refractivity contribution in [3.05, 3.63) is 95.1 Å². The molecule has 1 heteroatoms. The van der Waals surface area contributed by atoms with Crippen molar-refractivity contribution in [1.29, 1.82) is 0 Å². The molecule has 1 aliphatic carbocycles. The Bertz CT molecular complexity index is 738. The second-order valence-corrected chi connectivity index (χ2v) is 8.31. The molecule has 0 aromatic heterocycles. The molecule has 0 amide bonds. The van der Waals surface area contributed by atoms with E-state index in [1.165, 1.54) is 47.9 Å². The maximum absolute atomic E-state index is 3.26. The Kier molecular flexibility index (Phi) is 12.9. The van der Waals surface area contributed by atoms with Gasteiger partial charge in [-0.2, -0.15) is 24.3 Å². The summed E-state index contributed by atoms with van der Waals surface area (Å²) < 4.78 is 0. The molecule has 0 spiro atoms. The van der Waals surface area contributed by atoms with Gasteiger partial charge in [0.05, 0.1) is 0 Å². The summed E-state index contributed by atoms with van der Waals surface area (Å²) in [7, 11) is 0. The van der Waals surface area contributed by atoms with Crippen LogP contribution in [0.3, 0.4) is 0 Å². The van der Waals surface area contributed by atoms with E-state index in [0.717, 1.165) is 0 Å². The third-order valence-corrected chi connectivity index (χ3v) is 5.39. The van der Waals surface area contributed by atoms with E-state index in [1.807, 2.05) is 0 Å². The van der Waals surface area contributed by atoms with Crippen LogP contribution in [-0.2, 0) is 0 Å². The molecule has 0 saturated carbocycles. The summed E-state index contributed by atoms with van der Waals surface area (Å²) in [6.07, 6.45) is 13.4. The Morgan fingerprint density at radius 1 is 0.793 bits per heavy atom. The van der Waals surface area contributed by atoms with Gasteiger partial charge in [0.15, 0.2) is 0 Å². The monoisotopic (exact) mass is 538 g/mol. The molecule has 0 nitrogen and oxygen atoms in total. The van der Waals surface area contributed by atoms with Gasteiger partial charge in [0.25, 0.3) is 0 Å². The van der Waals surface area contributed by atoms with Gasteiger partial charge in [-0.15, -0.1) is 11.1 Å². The molecular weight excluding hydrogens is 501 g/mol. The first-order valence-corrected chi connectivity index (χ1v) is 11.0. The molecule has 1 radical (unpaired) electrons. The minimum Gasteiger partial charge on any atom is -0.184 e. The van der Waals surface area contributed by atoms with Crippen LogP contribution in [0.2, 0.25) is 0 Å². The van der Waals surface area contributed by atoms with Crippen molar-refractivity contribution >= 4 is 0 Å². The van der Waals surface area contributed by atoms with Crippen LogP contribution in [0.4, 0.5) is 0 Å². The maximum Gasteiger partial charge on any atom is 0 e. The van der Waals surface area contributed by atoms with Gasteiger partial charge in [0.2, 0.25) is 0 Å². The van der Waals surface area contributed by atoms with Crippen LogP contribution in [0.25, 0.3) is 0 Å². The number of hydrogen-bond donors (Lipinski definition) is 0. The van der Waals surface area contributed by atoms with E-state index in [-0.39, 0.29) is 37.7 Å². The van der Waals surface area contributed by atoms with Crippen LogP contribution >= 0.6 is 0 Å². The zero-order valence-corrected chi connectivity index (χ0v) is 20.6. The van der Waals surface area contributed by atoms with Crippen LogP contribution in [0.5, 0.6) is 0 Å². The molecule has 0 saturated heterocycles. The number of allylic oxidation sites excluding steroid dienone is 4. The maximum atomic E-state index is 3.26. The fourth-order valence-corrected chi connectivity index (χ4v) is 3.72. The van der Waals surface area contributed by atoms with Crippen molar-refractivity contribution in [3.8, 4) is 0 Å². The first kappa shape index (κ1) is 26.2. The number of rotatable bonds is 6. The summed E-state index contributed by atoms with van der Waals surface area (Å²) >= 11 is 0. The van der Waals surface area contributed by atoms with Crippen molar-refractivity contribution in [1.82, 2.24) is 0 Å². The molecule has 1 aliphatic rings. The first-order chi connectivity index (χ1) is 13.5. The summed E-state index contributed by atoms with van der Waals surface area (Å²) in [5, 5.41) is 0. The van der Waals surface area contributed by atoms with E-state index in [4.69, 9.17) is 0 Å². The summed E-state index contributed by atoms with van der Waals surface area (Å²) in [6, 6.07) is 19.0. The summed E-state index contributed by atoms with van der Waals surface area (Å²) in [5.41, 5.74) is 5.78. The summed E-state index contributed by atoms with van der Waals surface area (Å²) in [6.45, 7) is 11.3. The smallest absolute Gasteiger partial charge is 0 e. The van der Waals surface area contributed by atoms with Crippen LogP contribution < -0.4 is 0 Å². The average molecular weight is 539 g/mol. The first-order valence-electron chi connectivity index (χ1n) is 11.0. The molecule has 0 fully saturated rings. The molecule has 161 valence electrons. The van der Waals surface area contributed by atoms with Crippen molar-refractivity contribution in [3.63, 3.8) is 0 Å². The zero-order valence-electron chi connectivity index (χ0n) is 18.7. The fraction of sp³-hybridized carbons (Fsp3) is 0.429. The van der Waals surface area contributed by atoms with Gasteiger partial charge in [-0.1, -0.05) is 95.5 Å². The second-order valence-electron chi connectivity index (χ2n) is 8.31.